The van der Waals surface area contributed by atoms with Crippen LogP contribution in [0.25, 0.3) is 0 Å². The van der Waals surface area contributed by atoms with Crippen LogP contribution in [0.4, 0.5) is 0 Å². The molecule has 4 heteroatoms. The molecule has 1 unspecified atom stereocenters. The number of carbonyl (C=O) groups excluding carboxylic acids is 1. The second kappa shape index (κ2) is 4.94. The molecular weight excluding hydrogens is 216 g/mol. The maximum atomic E-state index is 10.9. The van der Waals surface area contributed by atoms with E-state index in [-0.39, 0.29) is 23.3 Å². The third-order valence-electron chi connectivity index (χ3n) is 4.55. The van der Waals surface area contributed by atoms with Crippen LogP contribution in [0.1, 0.15) is 39.0 Å². The molecule has 0 radical (unpaired) electrons. The van der Waals surface area contributed by atoms with Gasteiger partial charge >= 0.3 is 0 Å². The summed E-state index contributed by atoms with van der Waals surface area (Å²) in [5.41, 5.74) is 5.52. The van der Waals surface area contributed by atoms with Crippen LogP contribution in [-0.2, 0) is 4.79 Å². The minimum atomic E-state index is -0.208. The Morgan fingerprint density at radius 2 is 2.24 bits per heavy atom. The fraction of sp³-hybridized carbons (Fsp3) is 0.923. The molecule has 1 saturated carbocycles. The summed E-state index contributed by atoms with van der Waals surface area (Å²) in [6.07, 6.45) is 5.27. The van der Waals surface area contributed by atoms with Gasteiger partial charge in [0.1, 0.15) is 0 Å². The number of amides is 1. The average Bonchev–Trinajstić information content (AvgIpc) is 3.04. The number of nitrogens with two attached hydrogens (primary N) is 1. The van der Waals surface area contributed by atoms with E-state index in [0.29, 0.717) is 0 Å². The number of carbonyl (C=O) groups is 1. The molecule has 0 bridgehead atoms. The lowest BCUT2D eigenvalue weighted by Crippen LogP contribution is -2.45. The van der Waals surface area contributed by atoms with Gasteiger partial charge in [-0.3, -0.25) is 4.79 Å². The number of nitrogens with zero attached hydrogens (tertiary/aromatic N) is 1. The fourth-order valence-corrected chi connectivity index (χ4v) is 2.79. The van der Waals surface area contributed by atoms with Crippen molar-refractivity contribution in [1.82, 2.24) is 4.90 Å². The number of piperidine rings is 1. The van der Waals surface area contributed by atoms with Crippen LogP contribution in [0.5, 0.6) is 0 Å². The summed E-state index contributed by atoms with van der Waals surface area (Å²) in [6.45, 7) is 4.77. The fourth-order valence-electron chi connectivity index (χ4n) is 2.79. The lowest BCUT2D eigenvalue weighted by molar-refractivity contribution is -0.121. The number of aliphatic hydroxyl groups is 1. The quantitative estimate of drug-likeness (QED) is 0.744. The monoisotopic (exact) mass is 240 g/mol. The van der Waals surface area contributed by atoms with Gasteiger partial charge < -0.3 is 15.7 Å². The van der Waals surface area contributed by atoms with Gasteiger partial charge in [0.25, 0.3) is 0 Å². The average molecular weight is 240 g/mol. The Labute approximate surface area is 103 Å². The van der Waals surface area contributed by atoms with E-state index >= 15 is 0 Å². The van der Waals surface area contributed by atoms with Crippen LogP contribution in [0.2, 0.25) is 0 Å². The van der Waals surface area contributed by atoms with Crippen molar-refractivity contribution < 1.29 is 9.90 Å². The molecule has 0 aromatic heterocycles. The molecule has 1 saturated heterocycles. The number of hydrogen-bond donors (Lipinski definition) is 2. The Balaban J connectivity index is 1.65. The van der Waals surface area contributed by atoms with E-state index in [4.69, 9.17) is 5.73 Å². The van der Waals surface area contributed by atoms with Gasteiger partial charge in [-0.15, -0.1) is 0 Å². The van der Waals surface area contributed by atoms with E-state index in [1.165, 1.54) is 12.8 Å². The molecule has 1 amide bonds. The Bertz CT molecular complexity index is 289. The van der Waals surface area contributed by atoms with E-state index in [2.05, 4.69) is 4.90 Å². The van der Waals surface area contributed by atoms with Crippen molar-refractivity contribution in [2.24, 2.45) is 17.1 Å². The van der Waals surface area contributed by atoms with Gasteiger partial charge in [-0.1, -0.05) is 6.92 Å². The van der Waals surface area contributed by atoms with E-state index < -0.39 is 0 Å². The van der Waals surface area contributed by atoms with Crippen LogP contribution in [0.3, 0.4) is 0 Å². The van der Waals surface area contributed by atoms with Crippen molar-refractivity contribution in [1.29, 1.82) is 0 Å². The molecule has 2 aliphatic rings. The number of primary amides is 1. The highest BCUT2D eigenvalue weighted by Gasteiger charge is 2.50. The summed E-state index contributed by atoms with van der Waals surface area (Å²) < 4.78 is 0. The second-order valence-electron chi connectivity index (χ2n) is 5.87. The first-order chi connectivity index (χ1) is 8.03. The summed E-state index contributed by atoms with van der Waals surface area (Å²) in [5, 5.41) is 10.1. The molecule has 17 heavy (non-hydrogen) atoms. The zero-order chi connectivity index (χ0) is 12.5. The molecule has 3 N–H and O–H groups in total. The van der Waals surface area contributed by atoms with E-state index in [1.807, 2.05) is 6.92 Å². The second-order valence-corrected chi connectivity index (χ2v) is 5.87. The van der Waals surface area contributed by atoms with Crippen molar-refractivity contribution >= 4 is 5.91 Å². The van der Waals surface area contributed by atoms with Crippen LogP contribution < -0.4 is 5.73 Å². The van der Waals surface area contributed by atoms with Gasteiger partial charge in [0, 0.05) is 12.5 Å². The molecule has 2 fully saturated rings. The molecule has 2 rings (SSSR count). The number of hydrogen-bond acceptors (Lipinski definition) is 3. The summed E-state index contributed by atoms with van der Waals surface area (Å²) in [6, 6.07) is 0. The Morgan fingerprint density at radius 3 is 2.76 bits per heavy atom. The first kappa shape index (κ1) is 12.8. The smallest absolute Gasteiger partial charge is 0.220 e. The van der Waals surface area contributed by atoms with Crippen LogP contribution in [0.15, 0.2) is 0 Å². The normalized spacial score (nSPS) is 29.2. The maximum Gasteiger partial charge on any atom is 0.220 e. The third-order valence-corrected chi connectivity index (χ3v) is 4.55. The molecule has 2 atom stereocenters. The molecule has 1 aliphatic carbocycles. The van der Waals surface area contributed by atoms with Gasteiger partial charge in [0.2, 0.25) is 5.91 Å². The highest BCUT2D eigenvalue weighted by Crippen LogP contribution is 2.53. The van der Waals surface area contributed by atoms with Crippen LogP contribution in [-0.4, -0.2) is 41.7 Å². The summed E-state index contributed by atoms with van der Waals surface area (Å²) in [4.78, 5) is 13.2. The van der Waals surface area contributed by atoms with Crippen molar-refractivity contribution in [3.8, 4) is 0 Å². The van der Waals surface area contributed by atoms with Gasteiger partial charge in [-0.25, -0.2) is 0 Å². The zero-order valence-electron chi connectivity index (χ0n) is 10.7. The third kappa shape index (κ3) is 2.99. The number of likely N-dealkylation sites (tertiary alicyclic amines) is 1. The Morgan fingerprint density at radius 1 is 1.53 bits per heavy atom. The van der Waals surface area contributed by atoms with Gasteiger partial charge in [-0.05, 0) is 50.6 Å². The molecule has 0 aromatic rings. The largest absolute Gasteiger partial charge is 0.391 e. The molecule has 1 aliphatic heterocycles. The van der Waals surface area contributed by atoms with Gasteiger partial charge in [0.05, 0.1) is 6.10 Å². The SMILES string of the molecule is CC(CCCN1CCC2(CC2)[C@H](O)C1)C(N)=O. The number of aliphatic hydroxyl groups excluding tert-OH is 1. The predicted octanol–water partition coefficient (Wildman–Crippen LogP) is 0.735. The standard InChI is InChI=1S/C13H24N2O2/c1-10(12(14)17)3-2-7-15-8-6-13(4-5-13)11(16)9-15/h10-11,16H,2-9H2,1H3,(H2,14,17)/t10?,11-/m1/s1. The summed E-state index contributed by atoms with van der Waals surface area (Å²) >= 11 is 0. The molecule has 4 nitrogen and oxygen atoms in total. The highest BCUT2D eigenvalue weighted by molar-refractivity contribution is 5.76. The van der Waals surface area contributed by atoms with Crippen LogP contribution in [0, 0.1) is 11.3 Å². The molecule has 1 heterocycles. The van der Waals surface area contributed by atoms with Gasteiger partial charge in [-0.2, -0.15) is 0 Å². The number of rotatable bonds is 5. The lowest BCUT2D eigenvalue weighted by Gasteiger charge is -2.36. The van der Waals surface area contributed by atoms with E-state index in [1.54, 1.807) is 0 Å². The minimum Gasteiger partial charge on any atom is -0.391 e. The zero-order valence-corrected chi connectivity index (χ0v) is 10.7. The summed E-state index contributed by atoms with van der Waals surface area (Å²) in [7, 11) is 0. The Hall–Kier alpha value is -0.610. The van der Waals surface area contributed by atoms with E-state index in [0.717, 1.165) is 38.9 Å². The molecule has 1 spiro atoms. The first-order valence-electron chi connectivity index (χ1n) is 6.73. The highest BCUT2D eigenvalue weighted by atomic mass is 16.3. The predicted molar refractivity (Wildman–Crippen MR) is 66.3 cm³/mol. The van der Waals surface area contributed by atoms with Crippen molar-refractivity contribution in [2.45, 2.75) is 45.1 Å². The minimum absolute atomic E-state index is 0.0283. The van der Waals surface area contributed by atoms with Gasteiger partial charge in [0.15, 0.2) is 0 Å². The molecule has 0 aromatic carbocycles. The van der Waals surface area contributed by atoms with Crippen LogP contribution >= 0.6 is 0 Å². The van der Waals surface area contributed by atoms with E-state index in [9.17, 15) is 9.90 Å². The first-order valence-corrected chi connectivity index (χ1v) is 6.73. The Kier molecular flexibility index (Phi) is 3.73. The lowest BCUT2D eigenvalue weighted by atomic mass is 9.90. The molecular formula is C13H24N2O2. The van der Waals surface area contributed by atoms with Crippen molar-refractivity contribution in [3.63, 3.8) is 0 Å². The molecule has 98 valence electrons. The van der Waals surface area contributed by atoms with Crippen molar-refractivity contribution in [3.05, 3.63) is 0 Å². The number of β-amino-alcohol motifs (C(OH)–C–C–N with tert-alkyl or cyclic N) is 1. The topological polar surface area (TPSA) is 66.6 Å². The van der Waals surface area contributed by atoms with Crippen molar-refractivity contribution in [2.75, 3.05) is 19.6 Å². The maximum absolute atomic E-state index is 10.9. The summed E-state index contributed by atoms with van der Waals surface area (Å²) in [5.74, 6) is -0.236.